The van der Waals surface area contributed by atoms with Gasteiger partial charge in [-0.05, 0) is 25.1 Å². The summed E-state index contributed by atoms with van der Waals surface area (Å²) in [5, 5.41) is 0. The molecule has 4 aromatic heterocycles. The Labute approximate surface area is 131 Å². The molecule has 4 rings (SSSR count). The molecular weight excluding hydrogens is 295 g/mol. The number of halogens is 1. The number of hydrogen-bond donors (Lipinski definition) is 0. The number of rotatable bonds is 3. The number of aryl methyl sites for hydroxylation is 1. The zero-order chi connectivity index (χ0) is 15.8. The fraction of sp³-hybridized carbons (Fsp3) is 0.125. The van der Waals surface area contributed by atoms with Crippen molar-refractivity contribution >= 4 is 5.78 Å². The standard InChI is InChI=1S/C16H13FN6/c1-11-13(21-16-19-6-3-8-23(11)16)10-22-9-7-18-15(22)12-4-2-5-14(17)20-12/h2-9H,10H2,1H3. The molecule has 4 heterocycles. The van der Waals surface area contributed by atoms with E-state index >= 15 is 0 Å². The number of imidazole rings is 2. The Bertz CT molecular complexity index is 987. The van der Waals surface area contributed by atoms with Crippen LogP contribution in [-0.2, 0) is 6.54 Å². The molecule has 0 radical (unpaired) electrons. The van der Waals surface area contributed by atoms with Gasteiger partial charge in [0.15, 0.2) is 5.82 Å². The van der Waals surface area contributed by atoms with E-state index in [1.165, 1.54) is 6.07 Å². The van der Waals surface area contributed by atoms with Crippen LogP contribution in [0.4, 0.5) is 4.39 Å². The van der Waals surface area contributed by atoms with Crippen molar-refractivity contribution in [3.63, 3.8) is 0 Å². The molecule has 114 valence electrons. The molecule has 0 aliphatic rings. The third kappa shape index (κ3) is 2.36. The first-order valence-electron chi connectivity index (χ1n) is 7.15. The predicted octanol–water partition coefficient (Wildman–Crippen LogP) is 2.48. The summed E-state index contributed by atoms with van der Waals surface area (Å²) in [6.07, 6.45) is 7.14. The molecule has 0 aliphatic carbocycles. The van der Waals surface area contributed by atoms with E-state index in [9.17, 15) is 4.39 Å². The lowest BCUT2D eigenvalue weighted by molar-refractivity contribution is 0.584. The highest BCUT2D eigenvalue weighted by atomic mass is 19.1. The van der Waals surface area contributed by atoms with Gasteiger partial charge in [0.1, 0.15) is 5.69 Å². The number of aromatic nitrogens is 6. The van der Waals surface area contributed by atoms with Gasteiger partial charge >= 0.3 is 0 Å². The van der Waals surface area contributed by atoms with Gasteiger partial charge in [0.25, 0.3) is 0 Å². The first-order valence-corrected chi connectivity index (χ1v) is 7.15. The molecule has 0 bridgehead atoms. The average molecular weight is 308 g/mol. The molecule has 0 saturated carbocycles. The molecule has 7 heteroatoms. The Kier molecular flexibility index (Phi) is 3.11. The van der Waals surface area contributed by atoms with Gasteiger partial charge in [0.05, 0.1) is 12.2 Å². The summed E-state index contributed by atoms with van der Waals surface area (Å²) in [5.41, 5.74) is 2.40. The minimum absolute atomic E-state index is 0.495. The Morgan fingerprint density at radius 3 is 2.78 bits per heavy atom. The highest BCUT2D eigenvalue weighted by Crippen LogP contribution is 2.18. The van der Waals surface area contributed by atoms with Crippen LogP contribution < -0.4 is 0 Å². The minimum atomic E-state index is -0.523. The van der Waals surface area contributed by atoms with Crippen molar-refractivity contribution in [1.82, 2.24) is 28.9 Å². The zero-order valence-electron chi connectivity index (χ0n) is 12.4. The molecular formula is C16H13FN6. The van der Waals surface area contributed by atoms with E-state index in [0.717, 1.165) is 11.4 Å². The summed E-state index contributed by atoms with van der Waals surface area (Å²) in [6.45, 7) is 2.51. The molecule has 23 heavy (non-hydrogen) atoms. The van der Waals surface area contributed by atoms with Gasteiger partial charge in [-0.1, -0.05) is 6.07 Å². The molecule has 0 amide bonds. The van der Waals surface area contributed by atoms with Crippen molar-refractivity contribution in [2.75, 3.05) is 0 Å². The minimum Gasteiger partial charge on any atom is -0.324 e. The number of fused-ring (bicyclic) bond motifs is 1. The Morgan fingerprint density at radius 2 is 1.96 bits per heavy atom. The maximum atomic E-state index is 13.3. The molecule has 0 saturated heterocycles. The fourth-order valence-electron chi connectivity index (χ4n) is 2.56. The predicted molar refractivity (Wildman–Crippen MR) is 82.2 cm³/mol. The second-order valence-corrected chi connectivity index (χ2v) is 5.16. The maximum absolute atomic E-state index is 13.3. The van der Waals surface area contributed by atoms with Gasteiger partial charge in [0.2, 0.25) is 11.7 Å². The summed E-state index contributed by atoms with van der Waals surface area (Å²) in [7, 11) is 0. The summed E-state index contributed by atoms with van der Waals surface area (Å²) in [5.74, 6) is 0.740. The topological polar surface area (TPSA) is 60.9 Å². The van der Waals surface area contributed by atoms with Crippen molar-refractivity contribution in [3.05, 3.63) is 66.4 Å². The Morgan fingerprint density at radius 1 is 1.04 bits per heavy atom. The van der Waals surface area contributed by atoms with Crippen LogP contribution in [0.1, 0.15) is 11.4 Å². The molecule has 0 aliphatic heterocycles. The van der Waals surface area contributed by atoms with E-state index in [0.29, 0.717) is 23.8 Å². The van der Waals surface area contributed by atoms with Crippen LogP contribution in [0, 0.1) is 12.9 Å². The van der Waals surface area contributed by atoms with Gasteiger partial charge < -0.3 is 4.57 Å². The van der Waals surface area contributed by atoms with Crippen LogP contribution in [0.15, 0.2) is 49.1 Å². The number of pyridine rings is 1. The second kappa shape index (κ2) is 5.28. The number of nitrogens with zero attached hydrogens (tertiary/aromatic N) is 6. The summed E-state index contributed by atoms with van der Waals surface area (Å²) >= 11 is 0. The van der Waals surface area contributed by atoms with Gasteiger partial charge in [-0.2, -0.15) is 4.39 Å². The lowest BCUT2D eigenvalue weighted by Crippen LogP contribution is -2.04. The SMILES string of the molecule is Cc1c(Cn2ccnc2-c2cccc(F)n2)nc2ncccn12. The summed E-state index contributed by atoms with van der Waals surface area (Å²) in [4.78, 5) is 17.0. The smallest absolute Gasteiger partial charge is 0.234 e. The van der Waals surface area contributed by atoms with E-state index in [2.05, 4.69) is 19.9 Å². The van der Waals surface area contributed by atoms with Crippen molar-refractivity contribution < 1.29 is 4.39 Å². The van der Waals surface area contributed by atoms with E-state index in [1.807, 2.05) is 34.4 Å². The van der Waals surface area contributed by atoms with E-state index in [1.54, 1.807) is 24.5 Å². The lowest BCUT2D eigenvalue weighted by atomic mass is 10.3. The monoisotopic (exact) mass is 308 g/mol. The van der Waals surface area contributed by atoms with Crippen molar-refractivity contribution in [3.8, 4) is 11.5 Å². The lowest BCUT2D eigenvalue weighted by Gasteiger charge is -2.06. The van der Waals surface area contributed by atoms with Crippen molar-refractivity contribution in [2.45, 2.75) is 13.5 Å². The largest absolute Gasteiger partial charge is 0.324 e. The second-order valence-electron chi connectivity index (χ2n) is 5.16. The van der Waals surface area contributed by atoms with Crippen LogP contribution in [0.2, 0.25) is 0 Å². The van der Waals surface area contributed by atoms with Crippen LogP contribution >= 0.6 is 0 Å². The Balaban J connectivity index is 1.75. The zero-order valence-corrected chi connectivity index (χ0v) is 12.4. The molecule has 0 aromatic carbocycles. The van der Waals surface area contributed by atoms with E-state index in [-0.39, 0.29) is 0 Å². The molecule has 0 spiro atoms. The molecule has 0 fully saturated rings. The molecule has 4 aromatic rings. The van der Waals surface area contributed by atoms with Crippen LogP contribution in [0.25, 0.3) is 17.3 Å². The molecule has 0 N–H and O–H groups in total. The van der Waals surface area contributed by atoms with Crippen LogP contribution in [-0.4, -0.2) is 28.9 Å². The highest BCUT2D eigenvalue weighted by Gasteiger charge is 2.13. The summed E-state index contributed by atoms with van der Waals surface area (Å²) < 4.78 is 17.2. The number of hydrogen-bond acceptors (Lipinski definition) is 4. The normalized spacial score (nSPS) is 11.2. The van der Waals surface area contributed by atoms with Crippen LogP contribution in [0.3, 0.4) is 0 Å². The quantitative estimate of drug-likeness (QED) is 0.546. The molecule has 6 nitrogen and oxygen atoms in total. The maximum Gasteiger partial charge on any atom is 0.234 e. The van der Waals surface area contributed by atoms with E-state index < -0.39 is 5.95 Å². The fourth-order valence-corrected chi connectivity index (χ4v) is 2.56. The van der Waals surface area contributed by atoms with Gasteiger partial charge in [-0.15, -0.1) is 0 Å². The third-order valence-electron chi connectivity index (χ3n) is 3.72. The van der Waals surface area contributed by atoms with Gasteiger partial charge in [-0.3, -0.25) is 4.40 Å². The summed E-state index contributed by atoms with van der Waals surface area (Å²) in [6, 6.07) is 6.54. The first-order chi connectivity index (χ1) is 11.2. The first kappa shape index (κ1) is 13.6. The molecule has 0 unspecified atom stereocenters. The van der Waals surface area contributed by atoms with Gasteiger partial charge in [-0.25, -0.2) is 19.9 Å². The van der Waals surface area contributed by atoms with E-state index in [4.69, 9.17) is 0 Å². The van der Waals surface area contributed by atoms with Gasteiger partial charge in [0, 0.05) is 30.5 Å². The third-order valence-corrected chi connectivity index (χ3v) is 3.72. The van der Waals surface area contributed by atoms with Crippen molar-refractivity contribution in [2.24, 2.45) is 0 Å². The Hall–Kier alpha value is -3.09. The molecule has 0 atom stereocenters. The van der Waals surface area contributed by atoms with Crippen molar-refractivity contribution in [1.29, 1.82) is 0 Å². The highest BCUT2D eigenvalue weighted by molar-refractivity contribution is 5.49. The average Bonchev–Trinajstić information content (AvgIpc) is 3.14. The van der Waals surface area contributed by atoms with Crippen LogP contribution in [0.5, 0.6) is 0 Å².